The highest BCUT2D eigenvalue weighted by atomic mass is 32.2. The van der Waals surface area contributed by atoms with Gasteiger partial charge < -0.3 is 9.05 Å². The quantitative estimate of drug-likeness (QED) is 0.749. The molecule has 2 rings (SSSR count). The van der Waals surface area contributed by atoms with Gasteiger partial charge in [0.25, 0.3) is 0 Å². The summed E-state index contributed by atoms with van der Waals surface area (Å²) < 4.78 is 50.3. The van der Waals surface area contributed by atoms with E-state index in [1.54, 1.807) is 29.6 Å². The molecule has 0 fully saturated rings. The average molecular weight is 375 g/mol. The van der Waals surface area contributed by atoms with Crippen LogP contribution >= 0.6 is 18.9 Å². The summed E-state index contributed by atoms with van der Waals surface area (Å²) in [5.41, 5.74) is 0.943. The Morgan fingerprint density at radius 2 is 1.74 bits per heavy atom. The third-order valence-corrected chi connectivity index (χ3v) is 8.02. The van der Waals surface area contributed by atoms with Crippen LogP contribution in [0.4, 0.5) is 0 Å². The van der Waals surface area contributed by atoms with Crippen LogP contribution in [0.25, 0.3) is 0 Å². The third kappa shape index (κ3) is 4.09. The van der Waals surface area contributed by atoms with E-state index in [4.69, 9.17) is 9.05 Å². The number of sulfonamides is 1. The van der Waals surface area contributed by atoms with Crippen molar-refractivity contribution >= 4 is 29.0 Å². The lowest BCUT2D eigenvalue weighted by Crippen LogP contribution is -2.29. The van der Waals surface area contributed by atoms with Crippen molar-refractivity contribution in [1.82, 2.24) is 4.72 Å². The van der Waals surface area contributed by atoms with Crippen LogP contribution in [0.5, 0.6) is 0 Å². The van der Waals surface area contributed by atoms with Gasteiger partial charge in [-0.25, -0.2) is 8.42 Å². The summed E-state index contributed by atoms with van der Waals surface area (Å²) in [4.78, 5) is 0.635. The van der Waals surface area contributed by atoms with E-state index in [-0.39, 0.29) is 4.90 Å². The third-order valence-electron chi connectivity index (χ3n) is 3.24. The van der Waals surface area contributed by atoms with Gasteiger partial charge in [0.05, 0.1) is 4.90 Å². The van der Waals surface area contributed by atoms with Gasteiger partial charge in [0.2, 0.25) is 10.0 Å². The van der Waals surface area contributed by atoms with Gasteiger partial charge in [-0.2, -0.15) is 4.72 Å². The van der Waals surface area contributed by atoms with E-state index in [1.807, 2.05) is 6.92 Å². The van der Waals surface area contributed by atoms with Crippen molar-refractivity contribution < 1.29 is 22.0 Å². The Kier molecular flexibility index (Phi) is 5.78. The van der Waals surface area contributed by atoms with Crippen molar-refractivity contribution in [3.05, 3.63) is 52.2 Å². The Hall–Kier alpha value is -1.02. The zero-order valence-electron chi connectivity index (χ0n) is 12.9. The van der Waals surface area contributed by atoms with Gasteiger partial charge in [-0.05, 0) is 30.5 Å². The van der Waals surface area contributed by atoms with Crippen LogP contribution < -0.4 is 4.72 Å². The van der Waals surface area contributed by atoms with Gasteiger partial charge in [-0.3, -0.25) is 4.57 Å². The molecule has 1 heterocycles. The molecule has 1 aromatic carbocycles. The highest BCUT2D eigenvalue weighted by Gasteiger charge is 2.39. The molecule has 0 aliphatic rings. The molecule has 0 saturated carbocycles. The standard InChI is InChI=1S/C14H18NO5PS2/c1-11-6-8-12(9-7-11)23(17,18)15-14(13-5-4-10-22-13)21(16,19-2)20-3/h4-10,14-15H,1-3H3. The van der Waals surface area contributed by atoms with Gasteiger partial charge in [-0.15, -0.1) is 11.3 Å². The monoisotopic (exact) mass is 375 g/mol. The second-order valence-corrected chi connectivity index (χ2v) is 9.78. The minimum absolute atomic E-state index is 0.0865. The Labute approximate surface area is 140 Å². The van der Waals surface area contributed by atoms with Crippen LogP contribution in [0.2, 0.25) is 0 Å². The van der Waals surface area contributed by atoms with Gasteiger partial charge in [-0.1, -0.05) is 23.8 Å². The van der Waals surface area contributed by atoms with Crippen LogP contribution in [-0.2, 0) is 23.6 Å². The number of rotatable bonds is 7. The minimum atomic E-state index is -3.88. The van der Waals surface area contributed by atoms with Gasteiger partial charge in [0.15, 0.2) is 5.78 Å². The molecular weight excluding hydrogens is 357 g/mol. The molecule has 0 radical (unpaired) electrons. The van der Waals surface area contributed by atoms with E-state index in [1.165, 1.54) is 37.7 Å². The van der Waals surface area contributed by atoms with E-state index in [0.29, 0.717) is 4.88 Å². The van der Waals surface area contributed by atoms with E-state index in [0.717, 1.165) is 5.56 Å². The molecule has 0 spiro atoms. The first-order valence-corrected chi connectivity index (χ1v) is 10.6. The molecule has 0 amide bonds. The first kappa shape index (κ1) is 18.3. The summed E-state index contributed by atoms with van der Waals surface area (Å²) in [6.45, 7) is 1.86. The second kappa shape index (κ2) is 7.25. The molecular formula is C14H18NO5PS2. The predicted octanol–water partition coefficient (Wildman–Crippen LogP) is 3.52. The molecule has 0 aliphatic heterocycles. The lowest BCUT2D eigenvalue weighted by Gasteiger charge is -2.24. The number of aryl methyl sites for hydroxylation is 1. The molecule has 2 aromatic rings. The molecule has 0 bridgehead atoms. The summed E-state index contributed by atoms with van der Waals surface area (Å²) in [5, 5.41) is 1.76. The first-order chi connectivity index (χ1) is 10.8. The summed E-state index contributed by atoms with van der Waals surface area (Å²) in [6, 6.07) is 9.80. The van der Waals surface area contributed by atoms with Crippen LogP contribution in [0.15, 0.2) is 46.7 Å². The average Bonchev–Trinajstić information content (AvgIpc) is 3.06. The van der Waals surface area contributed by atoms with Crippen molar-refractivity contribution in [3.63, 3.8) is 0 Å². The zero-order valence-corrected chi connectivity index (χ0v) is 15.5. The number of nitrogens with one attached hydrogen (secondary N) is 1. The lowest BCUT2D eigenvalue weighted by molar-refractivity contribution is 0.264. The molecule has 23 heavy (non-hydrogen) atoms. The zero-order chi connectivity index (χ0) is 17.1. The van der Waals surface area contributed by atoms with Crippen molar-refractivity contribution in [2.24, 2.45) is 0 Å². The fraction of sp³-hybridized carbons (Fsp3) is 0.286. The highest BCUT2D eigenvalue weighted by Crippen LogP contribution is 2.59. The van der Waals surface area contributed by atoms with Crippen LogP contribution in [0.3, 0.4) is 0 Å². The second-order valence-electron chi connectivity index (χ2n) is 4.76. The Bertz CT molecular complexity index is 779. The Balaban J connectivity index is 2.42. The van der Waals surface area contributed by atoms with E-state index in [2.05, 4.69) is 4.72 Å². The minimum Gasteiger partial charge on any atom is -0.311 e. The van der Waals surface area contributed by atoms with Crippen molar-refractivity contribution in [1.29, 1.82) is 0 Å². The van der Waals surface area contributed by atoms with Crippen molar-refractivity contribution in [2.75, 3.05) is 14.2 Å². The van der Waals surface area contributed by atoms with E-state index >= 15 is 0 Å². The van der Waals surface area contributed by atoms with Gasteiger partial charge in [0, 0.05) is 19.1 Å². The molecule has 1 N–H and O–H groups in total. The largest absolute Gasteiger partial charge is 0.353 e. The highest BCUT2D eigenvalue weighted by molar-refractivity contribution is 7.89. The number of benzene rings is 1. The van der Waals surface area contributed by atoms with Gasteiger partial charge >= 0.3 is 7.60 Å². The summed E-state index contributed by atoms with van der Waals surface area (Å²) >= 11 is 1.27. The number of hydrogen-bond donors (Lipinski definition) is 1. The van der Waals surface area contributed by atoms with Crippen LogP contribution in [-0.4, -0.2) is 22.6 Å². The number of hydrogen-bond acceptors (Lipinski definition) is 6. The predicted molar refractivity (Wildman–Crippen MR) is 90.2 cm³/mol. The fourth-order valence-corrected chi connectivity index (χ4v) is 6.20. The van der Waals surface area contributed by atoms with Crippen LogP contribution in [0, 0.1) is 6.92 Å². The smallest absolute Gasteiger partial charge is 0.311 e. The Morgan fingerprint density at radius 1 is 1.13 bits per heavy atom. The van der Waals surface area contributed by atoms with Gasteiger partial charge in [0.1, 0.15) is 0 Å². The molecule has 9 heteroatoms. The van der Waals surface area contributed by atoms with Crippen molar-refractivity contribution in [3.8, 4) is 0 Å². The molecule has 1 unspecified atom stereocenters. The molecule has 0 saturated heterocycles. The van der Waals surface area contributed by atoms with E-state index < -0.39 is 23.4 Å². The normalized spacial score (nSPS) is 13.9. The van der Waals surface area contributed by atoms with Crippen LogP contribution in [0.1, 0.15) is 16.2 Å². The maximum Gasteiger partial charge on any atom is 0.353 e. The maximum atomic E-state index is 12.7. The summed E-state index contributed by atoms with van der Waals surface area (Å²) in [7, 11) is -5.11. The lowest BCUT2D eigenvalue weighted by atomic mass is 10.2. The first-order valence-electron chi connectivity index (χ1n) is 6.66. The molecule has 1 aromatic heterocycles. The molecule has 1 atom stereocenters. The molecule has 126 valence electrons. The molecule has 6 nitrogen and oxygen atoms in total. The summed E-state index contributed by atoms with van der Waals surface area (Å²) in [5.74, 6) is -1.11. The molecule has 0 aliphatic carbocycles. The van der Waals surface area contributed by atoms with Crippen molar-refractivity contribution in [2.45, 2.75) is 17.6 Å². The SMILES string of the molecule is COP(=O)(OC)C(NS(=O)(=O)c1ccc(C)cc1)c1cccs1. The topological polar surface area (TPSA) is 81.7 Å². The fourth-order valence-electron chi connectivity index (χ4n) is 1.94. The number of thiophene rings is 1. The maximum absolute atomic E-state index is 12.7. The van der Waals surface area contributed by atoms with E-state index in [9.17, 15) is 13.0 Å². The summed E-state index contributed by atoms with van der Waals surface area (Å²) in [6.07, 6.45) is 0. The Morgan fingerprint density at radius 3 is 2.22 bits per heavy atom.